The van der Waals surface area contributed by atoms with Crippen molar-refractivity contribution in [1.82, 2.24) is 15.6 Å². The van der Waals surface area contributed by atoms with Gasteiger partial charge in [0.15, 0.2) is 5.11 Å². The summed E-state index contributed by atoms with van der Waals surface area (Å²) in [6.07, 6.45) is 8.25. The summed E-state index contributed by atoms with van der Waals surface area (Å²) in [6, 6.07) is 3.61. The minimum atomic E-state index is -0.0842. The second-order valence-electron chi connectivity index (χ2n) is 9.03. The molecule has 3 aliphatic carbocycles. The van der Waals surface area contributed by atoms with Crippen LogP contribution in [-0.2, 0) is 17.6 Å². The van der Waals surface area contributed by atoms with E-state index in [1.807, 2.05) is 6.07 Å². The number of anilines is 2. The van der Waals surface area contributed by atoms with Gasteiger partial charge in [0.05, 0.1) is 17.4 Å². The van der Waals surface area contributed by atoms with Crippen LogP contribution in [0.5, 0.6) is 0 Å². The van der Waals surface area contributed by atoms with Crippen LogP contribution in [0.3, 0.4) is 0 Å². The highest BCUT2D eigenvalue weighted by Crippen LogP contribution is 2.40. The first-order chi connectivity index (χ1) is 16.0. The molecule has 1 atom stereocenters. The van der Waals surface area contributed by atoms with E-state index in [0.717, 1.165) is 36.9 Å². The van der Waals surface area contributed by atoms with Crippen molar-refractivity contribution < 1.29 is 9.59 Å². The van der Waals surface area contributed by atoms with E-state index >= 15 is 0 Å². The number of thiocarbonyl (C=S) groups is 1. The number of hydrogen-bond donors (Lipinski definition) is 4. The molecule has 10 heteroatoms. The third-order valence-corrected chi connectivity index (χ3v) is 7.89. The van der Waals surface area contributed by atoms with Gasteiger partial charge >= 0.3 is 0 Å². The van der Waals surface area contributed by atoms with Crippen LogP contribution in [0.1, 0.15) is 52.9 Å². The number of carbonyl (C=O) groups excluding carboxylic acids is 2. The molecule has 5 rings (SSSR count). The lowest BCUT2D eigenvalue weighted by atomic mass is 9.91. The minimum Gasteiger partial charge on any atom is -0.359 e. The SMILES string of the molecule is O=C(NCC1CC1)c1c(NC(=O)C2CC2)sc2c1C[C@@H](NC(=S)Nc1ccc(Cl)nc1)CC2. The molecule has 7 nitrogen and oxygen atoms in total. The van der Waals surface area contributed by atoms with E-state index in [9.17, 15) is 9.59 Å². The zero-order chi connectivity index (χ0) is 22.9. The van der Waals surface area contributed by atoms with Crippen LogP contribution in [-0.4, -0.2) is 34.5 Å². The topological polar surface area (TPSA) is 95.2 Å². The van der Waals surface area contributed by atoms with Crippen LogP contribution in [0.15, 0.2) is 18.3 Å². The molecule has 0 bridgehead atoms. The molecule has 0 spiro atoms. The van der Waals surface area contributed by atoms with Gasteiger partial charge in [-0.2, -0.15) is 0 Å². The fraction of sp³-hybridized carbons (Fsp3) is 0.478. The Morgan fingerprint density at radius 1 is 1.15 bits per heavy atom. The molecule has 0 radical (unpaired) electrons. The molecule has 0 aromatic carbocycles. The monoisotopic (exact) mass is 503 g/mol. The molecule has 3 aliphatic rings. The highest BCUT2D eigenvalue weighted by atomic mass is 35.5. The first-order valence-electron chi connectivity index (χ1n) is 11.4. The number of aryl methyl sites for hydroxylation is 1. The maximum Gasteiger partial charge on any atom is 0.254 e. The number of halogens is 1. The Morgan fingerprint density at radius 3 is 2.67 bits per heavy atom. The maximum absolute atomic E-state index is 13.2. The van der Waals surface area contributed by atoms with Crippen LogP contribution in [0.25, 0.3) is 0 Å². The van der Waals surface area contributed by atoms with Gasteiger partial charge < -0.3 is 21.3 Å². The molecule has 33 heavy (non-hydrogen) atoms. The van der Waals surface area contributed by atoms with Crippen molar-refractivity contribution in [3.63, 3.8) is 0 Å². The first kappa shape index (κ1) is 22.6. The predicted molar refractivity (Wildman–Crippen MR) is 135 cm³/mol. The van der Waals surface area contributed by atoms with Crippen LogP contribution in [0.4, 0.5) is 10.7 Å². The van der Waals surface area contributed by atoms with E-state index in [4.69, 9.17) is 23.8 Å². The fourth-order valence-corrected chi connectivity index (χ4v) is 5.69. The Balaban J connectivity index is 1.29. The van der Waals surface area contributed by atoms with Crippen molar-refractivity contribution >= 4 is 62.8 Å². The maximum atomic E-state index is 13.2. The molecule has 2 aromatic heterocycles. The van der Waals surface area contributed by atoms with Gasteiger partial charge in [0.25, 0.3) is 5.91 Å². The van der Waals surface area contributed by atoms with Crippen LogP contribution in [0, 0.1) is 11.8 Å². The number of fused-ring (bicyclic) bond motifs is 1. The van der Waals surface area contributed by atoms with Gasteiger partial charge in [0, 0.05) is 23.4 Å². The zero-order valence-electron chi connectivity index (χ0n) is 18.1. The van der Waals surface area contributed by atoms with Crippen molar-refractivity contribution in [3.8, 4) is 0 Å². The number of amides is 2. The number of hydrogen-bond acceptors (Lipinski definition) is 5. The molecule has 0 saturated heterocycles. The van der Waals surface area contributed by atoms with Crippen LogP contribution in [0.2, 0.25) is 5.15 Å². The molecule has 0 aliphatic heterocycles. The van der Waals surface area contributed by atoms with Gasteiger partial charge in [-0.15, -0.1) is 11.3 Å². The lowest BCUT2D eigenvalue weighted by molar-refractivity contribution is -0.117. The van der Waals surface area contributed by atoms with Gasteiger partial charge in [0.2, 0.25) is 5.91 Å². The number of nitrogens with zero attached hydrogens (tertiary/aromatic N) is 1. The number of thiophene rings is 1. The van der Waals surface area contributed by atoms with E-state index < -0.39 is 0 Å². The predicted octanol–water partition coefficient (Wildman–Crippen LogP) is 4.13. The van der Waals surface area contributed by atoms with Gasteiger partial charge in [-0.25, -0.2) is 4.98 Å². The summed E-state index contributed by atoms with van der Waals surface area (Å²) in [4.78, 5) is 30.9. The highest BCUT2D eigenvalue weighted by molar-refractivity contribution is 7.80. The van der Waals surface area contributed by atoms with Crippen LogP contribution >= 0.6 is 35.2 Å². The van der Waals surface area contributed by atoms with Crippen molar-refractivity contribution in [1.29, 1.82) is 0 Å². The van der Waals surface area contributed by atoms with E-state index in [1.54, 1.807) is 23.6 Å². The van der Waals surface area contributed by atoms with Gasteiger partial charge in [-0.05, 0) is 80.8 Å². The number of pyridine rings is 1. The molecular formula is C23H26ClN5O2S2. The summed E-state index contributed by atoms with van der Waals surface area (Å²) < 4.78 is 0. The molecule has 2 aromatic rings. The van der Waals surface area contributed by atoms with E-state index in [-0.39, 0.29) is 23.8 Å². The summed E-state index contributed by atoms with van der Waals surface area (Å²) in [5.74, 6) is 0.625. The zero-order valence-corrected chi connectivity index (χ0v) is 20.5. The van der Waals surface area contributed by atoms with Gasteiger partial charge in [0.1, 0.15) is 10.2 Å². The Morgan fingerprint density at radius 2 is 1.97 bits per heavy atom. The quantitative estimate of drug-likeness (QED) is 0.335. The fourth-order valence-electron chi connectivity index (χ4n) is 4.04. The summed E-state index contributed by atoms with van der Waals surface area (Å²) >= 11 is 12.9. The van der Waals surface area contributed by atoms with Crippen molar-refractivity contribution in [2.75, 3.05) is 17.2 Å². The molecule has 2 amide bonds. The molecule has 2 saturated carbocycles. The average Bonchev–Trinajstić information content (AvgIpc) is 3.70. The van der Waals surface area contributed by atoms with Crippen molar-refractivity contribution in [2.24, 2.45) is 11.8 Å². The lowest BCUT2D eigenvalue weighted by Gasteiger charge is -2.25. The van der Waals surface area contributed by atoms with Crippen molar-refractivity contribution in [2.45, 2.75) is 51.0 Å². The van der Waals surface area contributed by atoms with Crippen molar-refractivity contribution in [3.05, 3.63) is 39.5 Å². The molecule has 4 N–H and O–H groups in total. The normalized spacial score (nSPS) is 19.4. The number of aromatic nitrogens is 1. The highest BCUT2D eigenvalue weighted by Gasteiger charge is 2.34. The molecule has 0 unspecified atom stereocenters. The lowest BCUT2D eigenvalue weighted by Crippen LogP contribution is -2.41. The molecule has 2 fully saturated rings. The summed E-state index contributed by atoms with van der Waals surface area (Å²) in [5.41, 5.74) is 2.42. The first-order valence-corrected chi connectivity index (χ1v) is 13.0. The number of carbonyl (C=O) groups is 2. The third-order valence-electron chi connectivity index (χ3n) is 6.24. The molecule has 174 valence electrons. The summed E-state index contributed by atoms with van der Waals surface area (Å²) in [6.45, 7) is 0.699. The standard InChI is InChI=1S/C23H26ClN5O2S2/c24-18-8-6-15(11-25-18)28-23(32)27-14-5-7-17-16(9-14)19(21(31)26-10-12-1-2-12)22(33-17)29-20(30)13-3-4-13/h6,8,11-14H,1-5,7,9-10H2,(H,26,31)(H,29,30)(H2,27,28,32)/t14-/m0/s1. The molecular weight excluding hydrogens is 478 g/mol. The molecule has 2 heterocycles. The van der Waals surface area contributed by atoms with E-state index in [2.05, 4.69) is 26.3 Å². The third kappa shape index (κ3) is 5.65. The Kier molecular flexibility index (Phi) is 6.53. The second kappa shape index (κ2) is 9.56. The minimum absolute atomic E-state index is 0.0291. The Hall–Kier alpha value is -2.23. The number of rotatable bonds is 7. The van der Waals surface area contributed by atoms with E-state index in [0.29, 0.717) is 39.7 Å². The average molecular weight is 504 g/mol. The van der Waals surface area contributed by atoms with E-state index in [1.165, 1.54) is 17.7 Å². The summed E-state index contributed by atoms with van der Waals surface area (Å²) in [7, 11) is 0. The van der Waals surface area contributed by atoms with Gasteiger partial charge in [-0.1, -0.05) is 11.6 Å². The summed E-state index contributed by atoms with van der Waals surface area (Å²) in [5, 5.41) is 14.3. The number of nitrogens with one attached hydrogen (secondary N) is 4. The smallest absolute Gasteiger partial charge is 0.254 e. The second-order valence-corrected chi connectivity index (χ2v) is 10.9. The van der Waals surface area contributed by atoms with Crippen LogP contribution < -0.4 is 21.3 Å². The Bertz CT molecular complexity index is 1080. The van der Waals surface area contributed by atoms with Gasteiger partial charge in [-0.3, -0.25) is 9.59 Å². The largest absolute Gasteiger partial charge is 0.359 e. The Labute approximate surface area is 207 Å².